The number of phenolic OH excluding ortho intramolecular Hbond substituents is 1. The molecule has 1 aromatic rings. The fraction of sp³-hybridized carbons (Fsp3) is 0.615. The molecule has 1 unspecified atom stereocenters. The number of esters is 2. The largest absolute Gasteiger partial charge is 0.504 e. The monoisotopic (exact) mass is 471 g/mol. The summed E-state index contributed by atoms with van der Waals surface area (Å²) in [6, 6.07) is 2.72. The second kappa shape index (κ2) is 7.99. The van der Waals surface area contributed by atoms with Crippen LogP contribution in [0, 0.1) is 11.8 Å². The predicted octanol–water partition coefficient (Wildman–Crippen LogP) is 2.61. The van der Waals surface area contributed by atoms with Gasteiger partial charge in [0.2, 0.25) is 0 Å². The van der Waals surface area contributed by atoms with Crippen molar-refractivity contribution in [1.29, 1.82) is 0 Å². The summed E-state index contributed by atoms with van der Waals surface area (Å²) in [5, 5.41) is 22.5. The molecule has 0 saturated heterocycles. The topological polar surface area (TPSA) is 128 Å². The summed E-state index contributed by atoms with van der Waals surface area (Å²) < 4.78 is 17.2. The molecule has 1 spiro atoms. The molecule has 2 bridgehead atoms. The average Bonchev–Trinajstić information content (AvgIpc) is 3.12. The van der Waals surface area contributed by atoms with E-state index in [1.54, 1.807) is 12.1 Å². The average molecular weight is 472 g/mol. The van der Waals surface area contributed by atoms with Gasteiger partial charge in [0.25, 0.3) is 0 Å². The molecule has 184 valence electrons. The molecule has 8 nitrogen and oxygen atoms in total. The molecule has 6 atom stereocenters. The van der Waals surface area contributed by atoms with Crippen molar-refractivity contribution in [2.45, 2.75) is 88.6 Å². The first-order valence-electron chi connectivity index (χ1n) is 12.2. The molecule has 0 aromatic heterocycles. The third-order valence-corrected chi connectivity index (χ3v) is 8.13. The highest BCUT2D eigenvalue weighted by atomic mass is 16.6. The summed E-state index contributed by atoms with van der Waals surface area (Å²) in [6.07, 6.45) is 3.80. The van der Waals surface area contributed by atoms with Gasteiger partial charge in [0, 0.05) is 5.56 Å². The van der Waals surface area contributed by atoms with Gasteiger partial charge in [0.05, 0.1) is 11.0 Å². The Hall–Kier alpha value is -2.58. The van der Waals surface area contributed by atoms with Crippen molar-refractivity contribution in [3.05, 3.63) is 35.1 Å². The van der Waals surface area contributed by atoms with Gasteiger partial charge in [-0.15, -0.1) is 0 Å². The van der Waals surface area contributed by atoms with E-state index in [0.717, 1.165) is 30.4 Å². The number of carbonyl (C=O) groups excluding carboxylic acids is 2. The number of hydrogen-bond donors (Lipinski definition) is 3. The molecule has 1 aliphatic heterocycles. The molecule has 8 heteroatoms. The van der Waals surface area contributed by atoms with Crippen molar-refractivity contribution < 1.29 is 34.0 Å². The second-order valence-corrected chi connectivity index (χ2v) is 10.7. The van der Waals surface area contributed by atoms with Crippen LogP contribution in [0.1, 0.15) is 64.0 Å². The first-order chi connectivity index (χ1) is 16.1. The first kappa shape index (κ1) is 23.2. The van der Waals surface area contributed by atoms with E-state index >= 15 is 0 Å². The number of benzene rings is 1. The molecule has 3 aliphatic carbocycles. The Bertz CT molecular complexity index is 1070. The first-order valence-corrected chi connectivity index (χ1v) is 12.2. The van der Waals surface area contributed by atoms with Crippen LogP contribution < -0.4 is 10.5 Å². The third kappa shape index (κ3) is 3.18. The van der Waals surface area contributed by atoms with Gasteiger partial charge < -0.3 is 30.2 Å². The minimum absolute atomic E-state index is 0.0148. The normalized spacial score (nSPS) is 32.2. The summed E-state index contributed by atoms with van der Waals surface area (Å²) in [5.74, 6) is -0.437. The maximum atomic E-state index is 12.9. The van der Waals surface area contributed by atoms with Crippen molar-refractivity contribution in [3.8, 4) is 11.5 Å². The van der Waals surface area contributed by atoms with Crippen molar-refractivity contribution in [2.75, 3.05) is 0 Å². The number of phenols is 1. The standard InChI is InChI=1S/C26H33NO7/c1-13(2)11-17(27)24(30)32-14(3)23(29)33-19-8-10-26(31)16-5-4-9-25(26)20-15(12-16)6-7-18(28)21(20)34-22(19)25/h6-8,13-14,16-17,22,28,31H,4-5,9-12,27H2,1-3H3/t14-,16+,17-,22-,25?,26+/m0/s1. The molecule has 1 saturated carbocycles. The van der Waals surface area contributed by atoms with Crippen molar-refractivity contribution in [2.24, 2.45) is 17.6 Å². The SMILES string of the molecule is CC(C)C[C@H](N)C(=O)O[C@@H](C)C(=O)OC1=CC[C@@]2(O)[C@@H]3CCCC24c2c(ccc(O)c2O[C@@H]14)C3. The summed E-state index contributed by atoms with van der Waals surface area (Å²) in [6.45, 7) is 5.35. The zero-order valence-electron chi connectivity index (χ0n) is 19.9. The summed E-state index contributed by atoms with van der Waals surface area (Å²) in [4.78, 5) is 25.2. The Balaban J connectivity index is 1.41. The summed E-state index contributed by atoms with van der Waals surface area (Å²) >= 11 is 0. The van der Waals surface area contributed by atoms with Gasteiger partial charge in [-0.2, -0.15) is 0 Å². The quantitative estimate of drug-likeness (QED) is 0.540. The molecule has 1 aromatic carbocycles. The van der Waals surface area contributed by atoms with Crippen LogP contribution in [0.5, 0.6) is 11.5 Å². The van der Waals surface area contributed by atoms with Crippen LogP contribution in [-0.4, -0.2) is 46.0 Å². The van der Waals surface area contributed by atoms with E-state index in [0.29, 0.717) is 25.0 Å². The van der Waals surface area contributed by atoms with Crippen molar-refractivity contribution in [3.63, 3.8) is 0 Å². The maximum Gasteiger partial charge on any atom is 0.352 e. The van der Waals surface area contributed by atoms with Crippen molar-refractivity contribution >= 4 is 11.9 Å². The number of ether oxygens (including phenoxy) is 3. The summed E-state index contributed by atoms with van der Waals surface area (Å²) in [7, 11) is 0. The Kier molecular flexibility index (Phi) is 5.44. The molecule has 1 heterocycles. The zero-order chi connectivity index (χ0) is 24.4. The van der Waals surface area contributed by atoms with E-state index < -0.39 is 41.2 Å². The van der Waals surface area contributed by atoms with Gasteiger partial charge in [-0.25, -0.2) is 4.79 Å². The lowest BCUT2D eigenvalue weighted by Crippen LogP contribution is -2.67. The van der Waals surface area contributed by atoms with Gasteiger partial charge in [-0.3, -0.25) is 4.79 Å². The maximum absolute atomic E-state index is 12.9. The number of aromatic hydroxyl groups is 1. The van der Waals surface area contributed by atoms with Crippen LogP contribution >= 0.6 is 0 Å². The van der Waals surface area contributed by atoms with Crippen LogP contribution in [0.2, 0.25) is 0 Å². The fourth-order valence-corrected chi connectivity index (χ4v) is 6.64. The van der Waals surface area contributed by atoms with E-state index in [1.807, 2.05) is 19.9 Å². The zero-order valence-corrected chi connectivity index (χ0v) is 19.9. The van der Waals surface area contributed by atoms with Gasteiger partial charge in [-0.05, 0) is 68.6 Å². The molecular weight excluding hydrogens is 438 g/mol. The van der Waals surface area contributed by atoms with E-state index in [9.17, 15) is 19.8 Å². The van der Waals surface area contributed by atoms with Crippen LogP contribution in [-0.2, 0) is 30.9 Å². The Morgan fingerprint density at radius 3 is 2.76 bits per heavy atom. The molecule has 5 rings (SSSR count). The highest BCUT2D eigenvalue weighted by Gasteiger charge is 2.70. The smallest absolute Gasteiger partial charge is 0.352 e. The van der Waals surface area contributed by atoms with Crippen LogP contribution in [0.3, 0.4) is 0 Å². The number of nitrogens with two attached hydrogens (primary N) is 1. The highest BCUT2D eigenvalue weighted by Crippen LogP contribution is 2.67. The number of hydrogen-bond acceptors (Lipinski definition) is 8. The molecule has 1 fully saturated rings. The van der Waals surface area contributed by atoms with E-state index in [4.69, 9.17) is 19.9 Å². The molecule has 4 aliphatic rings. The minimum atomic E-state index is -1.15. The second-order valence-electron chi connectivity index (χ2n) is 10.7. The van der Waals surface area contributed by atoms with E-state index in [2.05, 4.69) is 0 Å². The van der Waals surface area contributed by atoms with Crippen LogP contribution in [0.4, 0.5) is 0 Å². The van der Waals surface area contributed by atoms with Crippen LogP contribution in [0.15, 0.2) is 24.0 Å². The number of carbonyl (C=O) groups is 2. The van der Waals surface area contributed by atoms with Gasteiger partial charge in [-0.1, -0.05) is 26.3 Å². The van der Waals surface area contributed by atoms with Gasteiger partial charge in [0.1, 0.15) is 11.8 Å². The number of aliphatic hydroxyl groups is 1. The molecule has 4 N–H and O–H groups in total. The van der Waals surface area contributed by atoms with Gasteiger partial charge >= 0.3 is 11.9 Å². The lowest BCUT2D eigenvalue weighted by Gasteiger charge is -2.59. The fourth-order valence-electron chi connectivity index (χ4n) is 6.64. The summed E-state index contributed by atoms with van der Waals surface area (Å²) in [5.41, 5.74) is 5.96. The Morgan fingerprint density at radius 2 is 2.03 bits per heavy atom. The molecule has 0 radical (unpaired) electrons. The molecular formula is C26H33NO7. The highest BCUT2D eigenvalue weighted by molar-refractivity contribution is 5.82. The predicted molar refractivity (Wildman–Crippen MR) is 122 cm³/mol. The van der Waals surface area contributed by atoms with Gasteiger partial charge in [0.15, 0.2) is 23.7 Å². The Morgan fingerprint density at radius 1 is 1.26 bits per heavy atom. The lowest BCUT2D eigenvalue weighted by molar-refractivity contribution is -0.171. The number of rotatable bonds is 6. The van der Waals surface area contributed by atoms with E-state index in [1.165, 1.54) is 6.92 Å². The van der Waals surface area contributed by atoms with E-state index in [-0.39, 0.29) is 23.3 Å². The molecule has 0 amide bonds. The lowest BCUT2D eigenvalue weighted by atomic mass is 9.47. The van der Waals surface area contributed by atoms with Crippen LogP contribution in [0.25, 0.3) is 0 Å². The minimum Gasteiger partial charge on any atom is -0.504 e. The Labute approximate surface area is 199 Å². The van der Waals surface area contributed by atoms with Crippen molar-refractivity contribution in [1.82, 2.24) is 0 Å². The third-order valence-electron chi connectivity index (χ3n) is 8.13. The molecule has 34 heavy (non-hydrogen) atoms.